The molecule has 2 fully saturated rings. The van der Waals surface area contributed by atoms with E-state index in [4.69, 9.17) is 5.73 Å². The molecule has 2 heteroatoms. The molecule has 1 heterocycles. The van der Waals surface area contributed by atoms with Crippen LogP contribution >= 0.6 is 0 Å². The topological polar surface area (TPSA) is 29.3 Å². The summed E-state index contributed by atoms with van der Waals surface area (Å²) in [5.41, 5.74) is 8.41. The third-order valence-corrected chi connectivity index (χ3v) is 5.01. The van der Waals surface area contributed by atoms with Crippen LogP contribution < -0.4 is 5.73 Å². The maximum atomic E-state index is 5.73. The van der Waals surface area contributed by atoms with Gasteiger partial charge in [0.05, 0.1) is 0 Å². The van der Waals surface area contributed by atoms with E-state index in [1.54, 1.807) is 0 Å². The van der Waals surface area contributed by atoms with Gasteiger partial charge in [-0.3, -0.25) is 4.90 Å². The lowest BCUT2D eigenvalue weighted by Crippen LogP contribution is -2.41. The largest absolute Gasteiger partial charge is 0.326 e. The molecule has 2 nitrogen and oxygen atoms in total. The Morgan fingerprint density at radius 2 is 1.84 bits per heavy atom. The minimum absolute atomic E-state index is 0.651. The molecule has 3 rings (SSSR count). The molecule has 0 amide bonds. The Balaban J connectivity index is 1.60. The number of piperidine rings is 1. The van der Waals surface area contributed by atoms with E-state index >= 15 is 0 Å². The summed E-state index contributed by atoms with van der Waals surface area (Å²) in [7, 11) is 0. The number of benzene rings is 1. The molecule has 1 aromatic carbocycles. The second-order valence-corrected chi connectivity index (χ2v) is 6.35. The van der Waals surface area contributed by atoms with Crippen LogP contribution in [-0.2, 0) is 13.1 Å². The number of fused-ring (bicyclic) bond motifs is 1. The average molecular weight is 258 g/mol. The number of rotatable bonds is 3. The predicted molar refractivity (Wildman–Crippen MR) is 79.7 cm³/mol. The van der Waals surface area contributed by atoms with Crippen molar-refractivity contribution in [2.75, 3.05) is 13.1 Å². The molecular weight excluding hydrogens is 232 g/mol. The van der Waals surface area contributed by atoms with Crippen LogP contribution in [0, 0.1) is 11.8 Å². The van der Waals surface area contributed by atoms with Crippen LogP contribution in [0.2, 0.25) is 0 Å². The fourth-order valence-electron chi connectivity index (χ4n) is 3.93. The summed E-state index contributed by atoms with van der Waals surface area (Å²) in [6, 6.07) is 8.78. The van der Waals surface area contributed by atoms with Crippen molar-refractivity contribution in [3.05, 3.63) is 35.4 Å². The van der Waals surface area contributed by atoms with Crippen molar-refractivity contribution >= 4 is 0 Å². The zero-order valence-corrected chi connectivity index (χ0v) is 11.9. The molecule has 2 atom stereocenters. The van der Waals surface area contributed by atoms with Crippen LogP contribution in [0.15, 0.2) is 24.3 Å². The Kier molecular flexibility index (Phi) is 4.19. The predicted octanol–water partition coefficient (Wildman–Crippen LogP) is 3.16. The van der Waals surface area contributed by atoms with Crippen LogP contribution in [0.25, 0.3) is 0 Å². The molecule has 0 bridgehead atoms. The second kappa shape index (κ2) is 6.06. The van der Waals surface area contributed by atoms with Gasteiger partial charge in [0.25, 0.3) is 0 Å². The zero-order valence-electron chi connectivity index (χ0n) is 11.9. The number of hydrogen-bond donors (Lipinski definition) is 1. The van der Waals surface area contributed by atoms with Crippen molar-refractivity contribution in [3.63, 3.8) is 0 Å². The lowest BCUT2D eigenvalue weighted by Gasteiger charge is -2.41. The van der Waals surface area contributed by atoms with Crippen molar-refractivity contribution < 1.29 is 0 Å². The van der Waals surface area contributed by atoms with Crippen molar-refractivity contribution in [1.82, 2.24) is 4.90 Å². The molecular formula is C17H26N2. The van der Waals surface area contributed by atoms with E-state index in [0.717, 1.165) is 18.4 Å². The number of nitrogens with zero attached hydrogens (tertiary/aromatic N) is 1. The van der Waals surface area contributed by atoms with E-state index in [-0.39, 0.29) is 0 Å². The third-order valence-electron chi connectivity index (χ3n) is 5.01. The van der Waals surface area contributed by atoms with E-state index in [9.17, 15) is 0 Å². The molecule has 2 aliphatic rings. The Morgan fingerprint density at radius 1 is 1.05 bits per heavy atom. The van der Waals surface area contributed by atoms with Crippen LogP contribution in [0.3, 0.4) is 0 Å². The van der Waals surface area contributed by atoms with Crippen molar-refractivity contribution in [2.45, 2.75) is 45.2 Å². The maximum Gasteiger partial charge on any atom is 0.0233 e. The van der Waals surface area contributed by atoms with Gasteiger partial charge in [0.1, 0.15) is 0 Å². The molecule has 1 aliphatic heterocycles. The third kappa shape index (κ3) is 3.18. The van der Waals surface area contributed by atoms with Crippen molar-refractivity contribution in [3.8, 4) is 0 Å². The number of hydrogen-bond acceptors (Lipinski definition) is 2. The lowest BCUT2D eigenvalue weighted by atomic mass is 9.75. The number of nitrogens with two attached hydrogens (primary N) is 1. The monoisotopic (exact) mass is 258 g/mol. The first-order valence-corrected chi connectivity index (χ1v) is 7.85. The highest BCUT2D eigenvalue weighted by Gasteiger charge is 2.30. The van der Waals surface area contributed by atoms with Gasteiger partial charge in [-0.25, -0.2) is 0 Å². The van der Waals surface area contributed by atoms with Gasteiger partial charge < -0.3 is 5.73 Å². The molecule has 2 unspecified atom stereocenters. The van der Waals surface area contributed by atoms with Gasteiger partial charge >= 0.3 is 0 Å². The summed E-state index contributed by atoms with van der Waals surface area (Å²) in [4.78, 5) is 2.65. The van der Waals surface area contributed by atoms with Gasteiger partial charge in [0, 0.05) is 19.6 Å². The summed E-state index contributed by atoms with van der Waals surface area (Å²) >= 11 is 0. The lowest BCUT2D eigenvalue weighted by molar-refractivity contribution is 0.0820. The number of likely N-dealkylation sites (tertiary alicyclic amines) is 1. The molecule has 104 valence electrons. The van der Waals surface area contributed by atoms with Crippen molar-refractivity contribution in [1.29, 1.82) is 0 Å². The highest BCUT2D eigenvalue weighted by Crippen LogP contribution is 2.36. The Hall–Kier alpha value is -0.860. The fraction of sp³-hybridized carbons (Fsp3) is 0.647. The minimum Gasteiger partial charge on any atom is -0.326 e. The molecule has 0 spiro atoms. The Bertz CT molecular complexity index is 415. The first-order chi connectivity index (χ1) is 9.35. The van der Waals surface area contributed by atoms with Crippen molar-refractivity contribution in [2.24, 2.45) is 17.6 Å². The maximum absolute atomic E-state index is 5.73. The summed E-state index contributed by atoms with van der Waals surface area (Å²) < 4.78 is 0. The van der Waals surface area contributed by atoms with Crippen LogP contribution in [0.1, 0.15) is 43.2 Å². The molecule has 1 saturated heterocycles. The normalized spacial score (nSPS) is 28.1. The van der Waals surface area contributed by atoms with E-state index < -0.39 is 0 Å². The highest BCUT2D eigenvalue weighted by molar-refractivity contribution is 5.23. The molecule has 19 heavy (non-hydrogen) atoms. The molecule has 0 aromatic heterocycles. The summed E-state index contributed by atoms with van der Waals surface area (Å²) in [5, 5.41) is 0. The van der Waals surface area contributed by atoms with Gasteiger partial charge in [0.2, 0.25) is 0 Å². The Morgan fingerprint density at radius 3 is 2.68 bits per heavy atom. The van der Waals surface area contributed by atoms with E-state index in [0.29, 0.717) is 6.54 Å². The second-order valence-electron chi connectivity index (χ2n) is 6.35. The first-order valence-electron chi connectivity index (χ1n) is 7.85. The zero-order chi connectivity index (χ0) is 13.1. The quantitative estimate of drug-likeness (QED) is 0.902. The molecule has 0 radical (unpaired) electrons. The van der Waals surface area contributed by atoms with Crippen LogP contribution in [0.4, 0.5) is 0 Å². The van der Waals surface area contributed by atoms with Crippen LogP contribution in [-0.4, -0.2) is 18.0 Å². The van der Waals surface area contributed by atoms with Gasteiger partial charge in [-0.2, -0.15) is 0 Å². The van der Waals surface area contributed by atoms with Gasteiger partial charge in [-0.15, -0.1) is 0 Å². The Labute approximate surface area is 117 Å². The first kappa shape index (κ1) is 13.1. The smallest absolute Gasteiger partial charge is 0.0233 e. The van der Waals surface area contributed by atoms with E-state index in [1.165, 1.54) is 56.3 Å². The SMILES string of the molecule is NCc1cccc(CN2CCC3CCCCC3C2)c1. The standard InChI is InChI=1S/C17H26N2/c18-11-14-4-3-5-15(10-14)12-19-9-8-16-6-1-2-7-17(16)13-19/h3-5,10,16-17H,1-2,6-9,11-13,18H2. The highest BCUT2D eigenvalue weighted by atomic mass is 15.1. The van der Waals surface area contributed by atoms with Gasteiger partial charge in [-0.05, 0) is 42.3 Å². The molecule has 1 aliphatic carbocycles. The fourth-order valence-corrected chi connectivity index (χ4v) is 3.93. The molecule has 1 aromatic rings. The van der Waals surface area contributed by atoms with E-state index in [1.807, 2.05) is 0 Å². The molecule has 1 saturated carbocycles. The summed E-state index contributed by atoms with van der Waals surface area (Å²) in [6.07, 6.45) is 7.30. The van der Waals surface area contributed by atoms with Gasteiger partial charge in [-0.1, -0.05) is 43.5 Å². The van der Waals surface area contributed by atoms with Crippen LogP contribution in [0.5, 0.6) is 0 Å². The minimum atomic E-state index is 0.651. The average Bonchev–Trinajstić information content (AvgIpc) is 2.47. The molecule has 2 N–H and O–H groups in total. The summed E-state index contributed by atoms with van der Waals surface area (Å²) in [6.45, 7) is 4.36. The van der Waals surface area contributed by atoms with E-state index in [2.05, 4.69) is 29.2 Å². The van der Waals surface area contributed by atoms with Gasteiger partial charge in [0.15, 0.2) is 0 Å². The summed E-state index contributed by atoms with van der Waals surface area (Å²) in [5.74, 6) is 2.00.